The molecule has 0 saturated carbocycles. The number of guanidine groups is 1. The molecule has 7 nitrogen and oxygen atoms in total. The Bertz CT molecular complexity index is 609. The first kappa shape index (κ1) is 22.5. The molecule has 1 fully saturated rings. The number of morpholine rings is 1. The van der Waals surface area contributed by atoms with E-state index in [0.717, 1.165) is 50.1 Å². The monoisotopic (exact) mass is 392 g/mol. The molecule has 1 saturated heterocycles. The van der Waals surface area contributed by atoms with Crippen molar-refractivity contribution in [2.45, 2.75) is 33.4 Å². The zero-order chi connectivity index (χ0) is 20.2. The molecule has 0 spiro atoms. The molecule has 158 valence electrons. The molecule has 2 N–H and O–H groups in total. The van der Waals surface area contributed by atoms with Crippen molar-refractivity contribution in [1.29, 1.82) is 0 Å². The molecule has 0 bridgehead atoms. The molecule has 1 atom stereocenters. The fourth-order valence-corrected chi connectivity index (χ4v) is 2.99. The van der Waals surface area contributed by atoms with E-state index in [2.05, 4.69) is 54.6 Å². The molecule has 1 aromatic carbocycles. The maximum Gasteiger partial charge on any atom is 0.191 e. The number of ether oxygens (including phenoxy) is 3. The predicted octanol–water partition coefficient (Wildman–Crippen LogP) is 1.80. The third-order valence-electron chi connectivity index (χ3n) is 4.50. The van der Waals surface area contributed by atoms with Crippen LogP contribution >= 0.6 is 0 Å². The maximum atomic E-state index is 5.92. The molecule has 7 heteroatoms. The number of aryl methyl sites for hydroxylation is 1. The second-order valence-corrected chi connectivity index (χ2v) is 6.99. The Hall–Kier alpha value is -1.83. The normalized spacial score (nSPS) is 18.1. The molecule has 1 heterocycles. The van der Waals surface area contributed by atoms with Crippen LogP contribution in [-0.2, 0) is 16.0 Å². The summed E-state index contributed by atoms with van der Waals surface area (Å²) in [6, 6.07) is 6.23. The number of hydrogen-bond acceptors (Lipinski definition) is 5. The zero-order valence-electron chi connectivity index (χ0n) is 17.8. The van der Waals surface area contributed by atoms with E-state index >= 15 is 0 Å². The molecule has 0 radical (unpaired) electrons. The number of hydrogen-bond donors (Lipinski definition) is 2. The SMILES string of the molecule is CCNC(=NCc1ccc(C)cc1OCCOCC)NCC1CN(C)CCO1. The maximum absolute atomic E-state index is 5.92. The molecule has 0 aliphatic carbocycles. The van der Waals surface area contributed by atoms with Crippen LogP contribution in [0.15, 0.2) is 23.2 Å². The Balaban J connectivity index is 1.95. The molecule has 1 aromatic rings. The van der Waals surface area contributed by atoms with Crippen molar-refractivity contribution in [3.8, 4) is 5.75 Å². The largest absolute Gasteiger partial charge is 0.491 e. The van der Waals surface area contributed by atoms with Gasteiger partial charge in [-0.15, -0.1) is 0 Å². The molecule has 2 rings (SSSR count). The van der Waals surface area contributed by atoms with Crippen LogP contribution in [0, 0.1) is 6.92 Å². The first-order valence-corrected chi connectivity index (χ1v) is 10.2. The van der Waals surface area contributed by atoms with Crippen LogP contribution in [0.2, 0.25) is 0 Å². The van der Waals surface area contributed by atoms with Gasteiger partial charge >= 0.3 is 0 Å². The lowest BCUT2D eigenvalue weighted by molar-refractivity contribution is -0.0161. The summed E-state index contributed by atoms with van der Waals surface area (Å²) in [4.78, 5) is 7.03. The number of nitrogens with zero attached hydrogens (tertiary/aromatic N) is 2. The summed E-state index contributed by atoms with van der Waals surface area (Å²) in [7, 11) is 2.12. The number of rotatable bonds is 10. The van der Waals surface area contributed by atoms with Gasteiger partial charge in [0.2, 0.25) is 0 Å². The van der Waals surface area contributed by atoms with Crippen molar-refractivity contribution in [2.75, 3.05) is 59.7 Å². The van der Waals surface area contributed by atoms with Crippen molar-refractivity contribution in [1.82, 2.24) is 15.5 Å². The van der Waals surface area contributed by atoms with Gasteiger partial charge in [-0.3, -0.25) is 0 Å². The third-order valence-corrected chi connectivity index (χ3v) is 4.50. The fraction of sp³-hybridized carbons (Fsp3) is 0.667. The van der Waals surface area contributed by atoms with Crippen LogP contribution in [-0.4, -0.2) is 76.6 Å². The topological polar surface area (TPSA) is 67.4 Å². The Morgan fingerprint density at radius 1 is 1.29 bits per heavy atom. The average Bonchev–Trinajstić information content (AvgIpc) is 2.68. The van der Waals surface area contributed by atoms with E-state index in [0.29, 0.717) is 26.4 Å². The van der Waals surface area contributed by atoms with Crippen LogP contribution in [0.1, 0.15) is 25.0 Å². The molecule has 1 aliphatic heterocycles. The number of nitrogens with one attached hydrogen (secondary N) is 2. The van der Waals surface area contributed by atoms with Gasteiger partial charge in [-0.1, -0.05) is 12.1 Å². The highest BCUT2D eigenvalue weighted by Crippen LogP contribution is 2.21. The lowest BCUT2D eigenvalue weighted by atomic mass is 10.1. The Labute approximate surface area is 169 Å². The molecule has 1 unspecified atom stereocenters. The fourth-order valence-electron chi connectivity index (χ4n) is 2.99. The van der Waals surface area contributed by atoms with E-state index in [1.165, 1.54) is 5.56 Å². The molecular weight excluding hydrogens is 356 g/mol. The summed E-state index contributed by atoms with van der Waals surface area (Å²) in [6.45, 7) is 12.7. The number of likely N-dealkylation sites (N-methyl/N-ethyl adjacent to an activating group) is 1. The number of aliphatic imine (C=N–C) groups is 1. The second-order valence-electron chi connectivity index (χ2n) is 6.99. The van der Waals surface area contributed by atoms with E-state index in [9.17, 15) is 0 Å². The number of benzene rings is 1. The quantitative estimate of drug-likeness (QED) is 0.360. The van der Waals surface area contributed by atoms with Gasteiger partial charge < -0.3 is 29.7 Å². The molecule has 0 amide bonds. The van der Waals surface area contributed by atoms with E-state index in [1.54, 1.807) is 0 Å². The summed E-state index contributed by atoms with van der Waals surface area (Å²) < 4.78 is 17.1. The van der Waals surface area contributed by atoms with Crippen LogP contribution in [0.25, 0.3) is 0 Å². The van der Waals surface area contributed by atoms with Gasteiger partial charge in [0.1, 0.15) is 12.4 Å². The summed E-state index contributed by atoms with van der Waals surface area (Å²) >= 11 is 0. The molecule has 1 aliphatic rings. The highest BCUT2D eigenvalue weighted by Gasteiger charge is 2.17. The Morgan fingerprint density at radius 3 is 2.89 bits per heavy atom. The Morgan fingerprint density at radius 2 is 2.14 bits per heavy atom. The van der Waals surface area contributed by atoms with Gasteiger partial charge in [0.05, 0.1) is 25.9 Å². The smallest absolute Gasteiger partial charge is 0.191 e. The standard InChI is InChI=1S/C21H36N4O3/c1-5-22-21(24-15-19-16-25(4)9-10-27-19)23-14-18-8-7-17(3)13-20(18)28-12-11-26-6-2/h7-8,13,19H,5-6,9-12,14-16H2,1-4H3,(H2,22,23,24). The van der Waals surface area contributed by atoms with Crippen LogP contribution in [0.4, 0.5) is 0 Å². The predicted molar refractivity (Wildman–Crippen MR) is 113 cm³/mol. The second kappa shape index (κ2) is 12.6. The molecule has 28 heavy (non-hydrogen) atoms. The zero-order valence-corrected chi connectivity index (χ0v) is 17.8. The van der Waals surface area contributed by atoms with Crippen molar-refractivity contribution < 1.29 is 14.2 Å². The minimum absolute atomic E-state index is 0.180. The van der Waals surface area contributed by atoms with Crippen molar-refractivity contribution in [3.05, 3.63) is 29.3 Å². The first-order valence-electron chi connectivity index (χ1n) is 10.2. The van der Waals surface area contributed by atoms with Gasteiger partial charge in [0.15, 0.2) is 5.96 Å². The van der Waals surface area contributed by atoms with Crippen LogP contribution < -0.4 is 15.4 Å². The Kier molecular flexibility index (Phi) is 10.1. The minimum atomic E-state index is 0.180. The lowest BCUT2D eigenvalue weighted by Gasteiger charge is -2.30. The van der Waals surface area contributed by atoms with Crippen LogP contribution in [0.5, 0.6) is 5.75 Å². The minimum Gasteiger partial charge on any atom is -0.491 e. The summed E-state index contributed by atoms with van der Waals surface area (Å²) in [5, 5.41) is 6.70. The average molecular weight is 393 g/mol. The van der Waals surface area contributed by atoms with Crippen molar-refractivity contribution in [2.24, 2.45) is 4.99 Å². The summed E-state index contributed by atoms with van der Waals surface area (Å²) in [5.74, 6) is 1.66. The van der Waals surface area contributed by atoms with E-state index in [4.69, 9.17) is 19.2 Å². The van der Waals surface area contributed by atoms with E-state index in [1.807, 2.05) is 6.92 Å². The van der Waals surface area contributed by atoms with Gasteiger partial charge in [-0.25, -0.2) is 4.99 Å². The van der Waals surface area contributed by atoms with Gasteiger partial charge in [0, 0.05) is 38.3 Å². The van der Waals surface area contributed by atoms with Crippen molar-refractivity contribution in [3.63, 3.8) is 0 Å². The molecule has 0 aromatic heterocycles. The van der Waals surface area contributed by atoms with Crippen LogP contribution in [0.3, 0.4) is 0 Å². The van der Waals surface area contributed by atoms with E-state index in [-0.39, 0.29) is 6.10 Å². The van der Waals surface area contributed by atoms with Gasteiger partial charge in [-0.2, -0.15) is 0 Å². The summed E-state index contributed by atoms with van der Waals surface area (Å²) in [5.41, 5.74) is 2.23. The third kappa shape index (κ3) is 8.04. The first-order chi connectivity index (χ1) is 13.6. The lowest BCUT2D eigenvalue weighted by Crippen LogP contribution is -2.48. The van der Waals surface area contributed by atoms with Gasteiger partial charge in [-0.05, 0) is 39.4 Å². The molecular formula is C21H36N4O3. The summed E-state index contributed by atoms with van der Waals surface area (Å²) in [6.07, 6.45) is 0.180. The van der Waals surface area contributed by atoms with E-state index < -0.39 is 0 Å². The highest BCUT2D eigenvalue weighted by molar-refractivity contribution is 5.79. The van der Waals surface area contributed by atoms with Gasteiger partial charge in [0.25, 0.3) is 0 Å². The van der Waals surface area contributed by atoms with Crippen molar-refractivity contribution >= 4 is 5.96 Å². The highest BCUT2D eigenvalue weighted by atomic mass is 16.5.